The van der Waals surface area contributed by atoms with Crippen LogP contribution in [0.15, 0.2) is 23.4 Å². The predicted molar refractivity (Wildman–Crippen MR) is 62.0 cm³/mol. The molecule has 1 aliphatic carbocycles. The van der Waals surface area contributed by atoms with Crippen molar-refractivity contribution >= 4 is 5.84 Å². The Labute approximate surface area is 94.7 Å². The number of hydrogen-bond acceptors (Lipinski definition) is 3. The van der Waals surface area contributed by atoms with Gasteiger partial charge in [-0.05, 0) is 38.3 Å². The second kappa shape index (κ2) is 4.43. The molecule has 1 fully saturated rings. The number of aryl methyl sites for hydroxylation is 1. The van der Waals surface area contributed by atoms with Gasteiger partial charge in [-0.15, -0.1) is 0 Å². The standard InChI is InChI=1S/C12H16N2O2/c1-8-5-6-11(16-9-3-2-4-9)10(7-8)12(13)14-15/h5-7,9,15H,2-4H2,1H3,(H2,13,14). The molecule has 2 rings (SSSR count). The summed E-state index contributed by atoms with van der Waals surface area (Å²) < 4.78 is 5.79. The molecule has 16 heavy (non-hydrogen) atoms. The summed E-state index contributed by atoms with van der Waals surface area (Å²) >= 11 is 0. The largest absolute Gasteiger partial charge is 0.490 e. The lowest BCUT2D eigenvalue weighted by Crippen LogP contribution is -2.26. The Hall–Kier alpha value is -1.71. The zero-order valence-electron chi connectivity index (χ0n) is 9.31. The predicted octanol–water partition coefficient (Wildman–Crippen LogP) is 2.02. The molecule has 0 saturated heterocycles. The van der Waals surface area contributed by atoms with Crippen molar-refractivity contribution in [3.05, 3.63) is 29.3 Å². The second-order valence-electron chi connectivity index (χ2n) is 4.16. The van der Waals surface area contributed by atoms with Gasteiger partial charge in [0.15, 0.2) is 5.84 Å². The van der Waals surface area contributed by atoms with Crippen LogP contribution in [-0.2, 0) is 0 Å². The highest BCUT2D eigenvalue weighted by Crippen LogP contribution is 2.28. The van der Waals surface area contributed by atoms with Crippen molar-refractivity contribution in [3.8, 4) is 5.75 Å². The first kappa shape index (κ1) is 10.8. The van der Waals surface area contributed by atoms with E-state index in [-0.39, 0.29) is 11.9 Å². The van der Waals surface area contributed by atoms with Gasteiger partial charge in [-0.2, -0.15) is 0 Å². The van der Waals surface area contributed by atoms with Crippen LogP contribution in [0.4, 0.5) is 0 Å². The van der Waals surface area contributed by atoms with Crippen molar-refractivity contribution in [1.82, 2.24) is 0 Å². The van der Waals surface area contributed by atoms with Crippen molar-refractivity contribution in [2.24, 2.45) is 10.9 Å². The Kier molecular flexibility index (Phi) is 2.99. The average Bonchev–Trinajstić information content (AvgIpc) is 2.23. The quantitative estimate of drug-likeness (QED) is 0.354. The van der Waals surface area contributed by atoms with E-state index in [1.165, 1.54) is 6.42 Å². The van der Waals surface area contributed by atoms with Gasteiger partial charge in [0.25, 0.3) is 0 Å². The van der Waals surface area contributed by atoms with Crippen molar-refractivity contribution in [3.63, 3.8) is 0 Å². The first-order valence-corrected chi connectivity index (χ1v) is 5.46. The fourth-order valence-corrected chi connectivity index (χ4v) is 1.67. The fourth-order valence-electron chi connectivity index (χ4n) is 1.67. The first-order chi connectivity index (χ1) is 7.70. The number of nitrogens with zero attached hydrogens (tertiary/aromatic N) is 1. The van der Waals surface area contributed by atoms with Crippen LogP contribution >= 0.6 is 0 Å². The molecule has 0 atom stereocenters. The maximum absolute atomic E-state index is 8.72. The summed E-state index contributed by atoms with van der Waals surface area (Å²) in [5, 5.41) is 11.7. The van der Waals surface area contributed by atoms with Gasteiger partial charge in [-0.25, -0.2) is 0 Å². The summed E-state index contributed by atoms with van der Waals surface area (Å²) in [5.74, 6) is 0.795. The van der Waals surface area contributed by atoms with E-state index >= 15 is 0 Å². The summed E-state index contributed by atoms with van der Waals surface area (Å²) in [6.45, 7) is 1.96. The summed E-state index contributed by atoms with van der Waals surface area (Å²) in [4.78, 5) is 0. The maximum Gasteiger partial charge on any atom is 0.173 e. The van der Waals surface area contributed by atoms with Gasteiger partial charge in [-0.1, -0.05) is 16.8 Å². The molecule has 0 spiro atoms. The molecular formula is C12H16N2O2. The van der Waals surface area contributed by atoms with Crippen LogP contribution < -0.4 is 10.5 Å². The van der Waals surface area contributed by atoms with E-state index in [1.807, 2.05) is 25.1 Å². The highest BCUT2D eigenvalue weighted by atomic mass is 16.5. The Morgan fingerprint density at radius 3 is 2.81 bits per heavy atom. The summed E-state index contributed by atoms with van der Waals surface area (Å²) in [6, 6.07) is 5.70. The third-order valence-corrected chi connectivity index (χ3v) is 2.86. The normalized spacial score (nSPS) is 16.9. The lowest BCUT2D eigenvalue weighted by molar-refractivity contribution is 0.120. The molecule has 1 aliphatic rings. The minimum Gasteiger partial charge on any atom is -0.490 e. The van der Waals surface area contributed by atoms with E-state index in [9.17, 15) is 0 Å². The molecule has 1 aromatic rings. The minimum atomic E-state index is 0.0954. The Balaban J connectivity index is 2.27. The third kappa shape index (κ3) is 2.10. The molecule has 0 aliphatic heterocycles. The van der Waals surface area contributed by atoms with E-state index in [0.29, 0.717) is 11.3 Å². The molecule has 0 amide bonds. The van der Waals surface area contributed by atoms with Crippen LogP contribution in [0.1, 0.15) is 30.4 Å². The van der Waals surface area contributed by atoms with Crippen LogP contribution in [0, 0.1) is 6.92 Å². The molecular weight excluding hydrogens is 204 g/mol. The SMILES string of the molecule is Cc1ccc(OC2CCC2)c(/C(N)=N/O)c1. The van der Waals surface area contributed by atoms with E-state index < -0.39 is 0 Å². The van der Waals surface area contributed by atoms with Gasteiger partial charge < -0.3 is 15.7 Å². The van der Waals surface area contributed by atoms with Crippen LogP contribution in [0.5, 0.6) is 5.75 Å². The molecule has 1 aromatic carbocycles. The van der Waals surface area contributed by atoms with Crippen molar-refractivity contribution < 1.29 is 9.94 Å². The molecule has 1 saturated carbocycles. The van der Waals surface area contributed by atoms with Gasteiger partial charge >= 0.3 is 0 Å². The lowest BCUT2D eigenvalue weighted by Gasteiger charge is -2.27. The third-order valence-electron chi connectivity index (χ3n) is 2.86. The van der Waals surface area contributed by atoms with Crippen molar-refractivity contribution in [2.75, 3.05) is 0 Å². The number of nitrogens with two attached hydrogens (primary N) is 1. The lowest BCUT2D eigenvalue weighted by atomic mass is 9.96. The Bertz CT molecular complexity index is 411. The molecule has 0 unspecified atom stereocenters. The van der Waals surface area contributed by atoms with Crippen molar-refractivity contribution in [1.29, 1.82) is 0 Å². The van der Waals surface area contributed by atoms with Gasteiger partial charge in [0.1, 0.15) is 5.75 Å². The highest BCUT2D eigenvalue weighted by molar-refractivity contribution is 5.99. The second-order valence-corrected chi connectivity index (χ2v) is 4.16. The zero-order valence-corrected chi connectivity index (χ0v) is 9.31. The van der Waals surface area contributed by atoms with Gasteiger partial charge in [-0.3, -0.25) is 0 Å². The number of rotatable bonds is 3. The van der Waals surface area contributed by atoms with E-state index in [0.717, 1.165) is 18.4 Å². The van der Waals surface area contributed by atoms with Gasteiger partial charge in [0.05, 0.1) is 11.7 Å². The van der Waals surface area contributed by atoms with E-state index in [2.05, 4.69) is 5.16 Å². The van der Waals surface area contributed by atoms with E-state index in [4.69, 9.17) is 15.7 Å². The number of ether oxygens (including phenoxy) is 1. The van der Waals surface area contributed by atoms with Gasteiger partial charge in [0.2, 0.25) is 0 Å². The molecule has 0 radical (unpaired) electrons. The Morgan fingerprint density at radius 1 is 1.50 bits per heavy atom. The smallest absolute Gasteiger partial charge is 0.173 e. The molecule has 4 nitrogen and oxygen atoms in total. The van der Waals surface area contributed by atoms with Crippen molar-refractivity contribution in [2.45, 2.75) is 32.3 Å². The monoisotopic (exact) mass is 220 g/mol. The average molecular weight is 220 g/mol. The maximum atomic E-state index is 8.72. The number of hydrogen-bond donors (Lipinski definition) is 2. The summed E-state index contributed by atoms with van der Waals surface area (Å²) in [7, 11) is 0. The number of oxime groups is 1. The molecule has 3 N–H and O–H groups in total. The summed E-state index contributed by atoms with van der Waals surface area (Å²) in [5.41, 5.74) is 7.34. The first-order valence-electron chi connectivity index (χ1n) is 5.46. The molecule has 0 bridgehead atoms. The van der Waals surface area contributed by atoms with Crippen LogP contribution in [0.25, 0.3) is 0 Å². The van der Waals surface area contributed by atoms with Gasteiger partial charge in [0, 0.05) is 0 Å². The number of benzene rings is 1. The minimum absolute atomic E-state index is 0.0954. The van der Waals surface area contributed by atoms with Crippen LogP contribution in [-0.4, -0.2) is 17.1 Å². The van der Waals surface area contributed by atoms with Crippen LogP contribution in [0.3, 0.4) is 0 Å². The fraction of sp³-hybridized carbons (Fsp3) is 0.417. The molecule has 86 valence electrons. The van der Waals surface area contributed by atoms with E-state index in [1.54, 1.807) is 0 Å². The summed E-state index contributed by atoms with van der Waals surface area (Å²) in [6.07, 6.45) is 3.68. The Morgan fingerprint density at radius 2 is 2.25 bits per heavy atom. The molecule has 0 aromatic heterocycles. The van der Waals surface area contributed by atoms with Crippen LogP contribution in [0.2, 0.25) is 0 Å². The molecule has 4 heteroatoms. The zero-order chi connectivity index (χ0) is 11.5. The topological polar surface area (TPSA) is 67.8 Å². The highest BCUT2D eigenvalue weighted by Gasteiger charge is 2.21. The molecule has 0 heterocycles. The number of amidine groups is 1.